The topological polar surface area (TPSA) is 58.2 Å². The first-order chi connectivity index (χ1) is 9.44. The van der Waals surface area contributed by atoms with Gasteiger partial charge < -0.3 is 5.32 Å². The largest absolute Gasteiger partial charge is 0.316 e. The average Bonchev–Trinajstić information content (AvgIpc) is 2.85. The van der Waals surface area contributed by atoms with E-state index < -0.39 is 15.8 Å². The molecule has 0 amide bonds. The normalized spacial score (nSPS) is 11.6. The summed E-state index contributed by atoms with van der Waals surface area (Å²) in [6.45, 7) is 0.242. The van der Waals surface area contributed by atoms with Crippen molar-refractivity contribution >= 4 is 43.0 Å². The van der Waals surface area contributed by atoms with Crippen LogP contribution in [-0.4, -0.2) is 15.5 Å². The van der Waals surface area contributed by atoms with Gasteiger partial charge in [0.25, 0.3) is 10.0 Å². The van der Waals surface area contributed by atoms with E-state index in [9.17, 15) is 12.8 Å². The van der Waals surface area contributed by atoms with Crippen LogP contribution in [0.1, 0.15) is 5.56 Å². The molecule has 0 saturated carbocycles. The van der Waals surface area contributed by atoms with Crippen LogP contribution >= 0.6 is 27.3 Å². The fraction of sp³-hybridized carbons (Fsp3) is 0.167. The van der Waals surface area contributed by atoms with Crippen molar-refractivity contribution in [1.29, 1.82) is 0 Å². The maximum absolute atomic E-state index is 14.3. The lowest BCUT2D eigenvalue weighted by Gasteiger charge is -2.11. The average molecular weight is 379 g/mol. The molecule has 2 N–H and O–H groups in total. The minimum absolute atomic E-state index is 0.242. The van der Waals surface area contributed by atoms with Crippen LogP contribution in [0, 0.1) is 5.82 Å². The molecular formula is C12H12BrFN2O2S2. The number of nitrogens with one attached hydrogen (secondary N) is 2. The zero-order valence-corrected chi connectivity index (χ0v) is 13.7. The number of anilines is 1. The Bertz CT molecular complexity index is 702. The number of hydrogen-bond donors (Lipinski definition) is 2. The SMILES string of the molecule is CNCc1cc(Br)cc(S(=O)(=O)Nc2ccsc2)c1F. The van der Waals surface area contributed by atoms with E-state index >= 15 is 0 Å². The van der Waals surface area contributed by atoms with Crippen LogP contribution in [0.4, 0.5) is 10.1 Å². The summed E-state index contributed by atoms with van der Waals surface area (Å²) in [4.78, 5) is -0.372. The standard InChI is InChI=1S/C12H12BrFN2O2S2/c1-15-6-8-4-9(13)5-11(12(8)14)20(17,18)16-10-2-3-19-7-10/h2-5,7,15-16H,6H2,1H3. The molecule has 2 rings (SSSR count). The molecule has 0 aliphatic heterocycles. The Hall–Kier alpha value is -0.960. The number of halogens is 2. The quantitative estimate of drug-likeness (QED) is 0.839. The molecule has 0 radical (unpaired) electrons. The highest BCUT2D eigenvalue weighted by Gasteiger charge is 2.22. The highest BCUT2D eigenvalue weighted by molar-refractivity contribution is 9.10. The Balaban J connectivity index is 2.45. The molecule has 0 unspecified atom stereocenters. The summed E-state index contributed by atoms with van der Waals surface area (Å²) >= 11 is 4.56. The zero-order valence-electron chi connectivity index (χ0n) is 10.5. The van der Waals surface area contributed by atoms with Crippen LogP contribution in [0.3, 0.4) is 0 Å². The summed E-state index contributed by atoms with van der Waals surface area (Å²) in [6, 6.07) is 4.42. The van der Waals surface area contributed by atoms with E-state index in [-0.39, 0.29) is 17.0 Å². The van der Waals surface area contributed by atoms with Gasteiger partial charge in [-0.3, -0.25) is 4.72 Å². The van der Waals surface area contributed by atoms with Gasteiger partial charge in [-0.25, -0.2) is 12.8 Å². The van der Waals surface area contributed by atoms with Gasteiger partial charge in [-0.1, -0.05) is 15.9 Å². The maximum atomic E-state index is 14.3. The van der Waals surface area contributed by atoms with E-state index in [1.165, 1.54) is 17.4 Å². The first kappa shape index (κ1) is 15.4. The summed E-state index contributed by atoms with van der Waals surface area (Å²) in [6.07, 6.45) is 0. The van der Waals surface area contributed by atoms with Crippen LogP contribution in [-0.2, 0) is 16.6 Å². The van der Waals surface area contributed by atoms with Gasteiger partial charge in [0.2, 0.25) is 0 Å². The molecule has 0 aliphatic rings. The molecule has 8 heteroatoms. The molecule has 0 aliphatic carbocycles. The molecule has 108 valence electrons. The third kappa shape index (κ3) is 3.38. The van der Waals surface area contributed by atoms with Crippen LogP contribution in [0.5, 0.6) is 0 Å². The predicted molar refractivity (Wildman–Crippen MR) is 82.0 cm³/mol. The summed E-state index contributed by atoms with van der Waals surface area (Å²) in [5.74, 6) is -0.745. The highest BCUT2D eigenvalue weighted by atomic mass is 79.9. The smallest absolute Gasteiger partial charge is 0.264 e. The van der Waals surface area contributed by atoms with E-state index in [4.69, 9.17) is 0 Å². The Morgan fingerprint density at radius 1 is 1.40 bits per heavy atom. The minimum Gasteiger partial charge on any atom is -0.316 e. The Morgan fingerprint density at radius 3 is 2.75 bits per heavy atom. The van der Waals surface area contributed by atoms with Gasteiger partial charge >= 0.3 is 0 Å². The van der Waals surface area contributed by atoms with Gasteiger partial charge in [-0.15, -0.1) is 0 Å². The van der Waals surface area contributed by atoms with Crippen LogP contribution in [0.2, 0.25) is 0 Å². The molecule has 20 heavy (non-hydrogen) atoms. The predicted octanol–water partition coefficient (Wildman–Crippen LogP) is 3.17. The fourth-order valence-electron chi connectivity index (χ4n) is 1.67. The van der Waals surface area contributed by atoms with E-state index in [0.29, 0.717) is 10.2 Å². The lowest BCUT2D eigenvalue weighted by atomic mass is 10.2. The second-order valence-corrected chi connectivity index (χ2v) is 7.37. The molecule has 1 heterocycles. The summed E-state index contributed by atoms with van der Waals surface area (Å²) in [5, 5.41) is 6.18. The number of hydrogen-bond acceptors (Lipinski definition) is 4. The van der Waals surface area contributed by atoms with Gasteiger partial charge in [-0.2, -0.15) is 11.3 Å². The summed E-state index contributed by atoms with van der Waals surface area (Å²) < 4.78 is 41.6. The molecule has 4 nitrogen and oxygen atoms in total. The van der Waals surface area contributed by atoms with Crippen LogP contribution in [0.15, 0.2) is 38.3 Å². The molecule has 0 spiro atoms. The van der Waals surface area contributed by atoms with Crippen LogP contribution in [0.25, 0.3) is 0 Å². The van der Waals surface area contributed by atoms with E-state index in [1.807, 2.05) is 0 Å². The van der Waals surface area contributed by atoms with Crippen molar-refractivity contribution in [1.82, 2.24) is 5.32 Å². The van der Waals surface area contributed by atoms with Crippen LogP contribution < -0.4 is 10.0 Å². The maximum Gasteiger partial charge on any atom is 0.264 e. The summed E-state index contributed by atoms with van der Waals surface area (Å²) in [5.41, 5.74) is 0.706. The minimum atomic E-state index is -3.95. The molecule has 2 aromatic rings. The number of benzene rings is 1. The molecule has 0 fully saturated rings. The molecule has 0 bridgehead atoms. The molecule has 1 aromatic carbocycles. The van der Waals surface area contributed by atoms with Crippen molar-refractivity contribution in [3.63, 3.8) is 0 Å². The second kappa shape index (κ2) is 6.21. The number of thiophene rings is 1. The van der Waals surface area contributed by atoms with E-state index in [0.717, 1.165) is 0 Å². The Kier molecular flexibility index (Phi) is 4.79. The highest BCUT2D eigenvalue weighted by Crippen LogP contribution is 2.26. The zero-order chi connectivity index (χ0) is 14.8. The molecule has 0 atom stereocenters. The Morgan fingerprint density at radius 2 is 2.15 bits per heavy atom. The van der Waals surface area contributed by atoms with Crippen molar-refractivity contribution in [3.05, 3.63) is 44.8 Å². The monoisotopic (exact) mass is 378 g/mol. The van der Waals surface area contributed by atoms with Gasteiger partial charge in [0.1, 0.15) is 10.7 Å². The third-order valence-corrected chi connectivity index (χ3v) is 5.03. The molecule has 0 saturated heterocycles. The van der Waals surface area contributed by atoms with Gasteiger partial charge in [-0.05, 0) is 30.6 Å². The van der Waals surface area contributed by atoms with Crippen molar-refractivity contribution < 1.29 is 12.8 Å². The fourth-order valence-corrected chi connectivity index (χ4v) is 4.18. The van der Waals surface area contributed by atoms with E-state index in [2.05, 4.69) is 26.0 Å². The number of sulfonamides is 1. The summed E-state index contributed by atoms with van der Waals surface area (Å²) in [7, 11) is -2.29. The van der Waals surface area contributed by atoms with Gasteiger partial charge in [0.15, 0.2) is 0 Å². The number of rotatable bonds is 5. The first-order valence-electron chi connectivity index (χ1n) is 5.61. The van der Waals surface area contributed by atoms with Crippen molar-refractivity contribution in [3.8, 4) is 0 Å². The van der Waals surface area contributed by atoms with Crippen molar-refractivity contribution in [2.75, 3.05) is 11.8 Å². The molecule has 1 aromatic heterocycles. The lowest BCUT2D eigenvalue weighted by molar-refractivity contribution is 0.555. The lowest BCUT2D eigenvalue weighted by Crippen LogP contribution is -2.16. The van der Waals surface area contributed by atoms with Gasteiger partial charge in [0, 0.05) is 22.0 Å². The molecular weight excluding hydrogens is 367 g/mol. The van der Waals surface area contributed by atoms with E-state index in [1.54, 1.807) is 29.9 Å². The third-order valence-electron chi connectivity index (χ3n) is 2.51. The van der Waals surface area contributed by atoms with Crippen molar-refractivity contribution in [2.24, 2.45) is 0 Å². The van der Waals surface area contributed by atoms with Crippen molar-refractivity contribution in [2.45, 2.75) is 11.4 Å². The van der Waals surface area contributed by atoms with Gasteiger partial charge in [0.05, 0.1) is 5.69 Å². The Labute approximate surface area is 129 Å². The first-order valence-corrected chi connectivity index (χ1v) is 8.83. The second-order valence-electron chi connectivity index (χ2n) is 4.02.